The van der Waals surface area contributed by atoms with Gasteiger partial charge < -0.3 is 10.2 Å². The first kappa shape index (κ1) is 8.92. The smallest absolute Gasteiger partial charge is 0.0540 e. The summed E-state index contributed by atoms with van der Waals surface area (Å²) in [6.07, 6.45) is 2.76. The van der Waals surface area contributed by atoms with Crippen LogP contribution in [-0.2, 0) is 0 Å². The topological polar surface area (TPSA) is 40.5 Å². The zero-order valence-corrected chi connectivity index (χ0v) is 5.71. The summed E-state index contributed by atoms with van der Waals surface area (Å²) in [7, 11) is 0. The number of rotatable bonds is 5. The Balaban J connectivity index is 2.88. The summed E-state index contributed by atoms with van der Waals surface area (Å²) in [6.45, 7) is 3.78. The van der Waals surface area contributed by atoms with Gasteiger partial charge in [0.25, 0.3) is 0 Å². The molecule has 1 unspecified atom stereocenters. The van der Waals surface area contributed by atoms with E-state index in [1.54, 1.807) is 0 Å². The molecule has 0 heterocycles. The first-order valence-corrected chi connectivity index (χ1v) is 3.39. The van der Waals surface area contributed by atoms with Gasteiger partial charge >= 0.3 is 0 Å². The lowest BCUT2D eigenvalue weighted by molar-refractivity contribution is 0.159. The Bertz CT molecular complexity index is 54.9. The summed E-state index contributed by atoms with van der Waals surface area (Å²) in [5.74, 6) is 0. The molecule has 0 aliphatic rings. The third-order valence-corrected chi connectivity index (χ3v) is 1.28. The molecule has 55 valence electrons. The molecule has 0 fully saturated rings. The average molecular weight is 131 g/mol. The maximum absolute atomic E-state index is 8.94. The normalized spacial score (nSPS) is 13.7. The van der Waals surface area contributed by atoms with Crippen molar-refractivity contribution in [2.75, 3.05) is 6.61 Å². The molecule has 1 radical (unpaired) electrons. The van der Waals surface area contributed by atoms with Crippen molar-refractivity contribution >= 4 is 0 Å². The summed E-state index contributed by atoms with van der Waals surface area (Å²) in [6, 6.07) is 0. The summed E-state index contributed by atoms with van der Waals surface area (Å²) >= 11 is 0. The Morgan fingerprint density at radius 2 is 2.00 bits per heavy atom. The molecule has 0 aromatic rings. The van der Waals surface area contributed by atoms with Gasteiger partial charge in [0.1, 0.15) is 0 Å². The van der Waals surface area contributed by atoms with E-state index in [2.05, 4.69) is 6.92 Å². The van der Waals surface area contributed by atoms with Gasteiger partial charge in [0.15, 0.2) is 0 Å². The van der Waals surface area contributed by atoms with E-state index in [1.807, 2.05) is 0 Å². The highest BCUT2D eigenvalue weighted by molar-refractivity contribution is 4.55. The van der Waals surface area contributed by atoms with E-state index in [9.17, 15) is 0 Å². The zero-order chi connectivity index (χ0) is 7.11. The molecule has 0 aromatic carbocycles. The maximum Gasteiger partial charge on any atom is 0.0540 e. The molecular formula is C7H15O2. The van der Waals surface area contributed by atoms with Crippen molar-refractivity contribution in [1.29, 1.82) is 0 Å². The Kier molecular flexibility index (Phi) is 5.99. The van der Waals surface area contributed by atoms with Crippen molar-refractivity contribution in [3.05, 3.63) is 6.92 Å². The highest BCUT2D eigenvalue weighted by atomic mass is 16.3. The van der Waals surface area contributed by atoms with Crippen molar-refractivity contribution in [2.45, 2.75) is 31.8 Å². The summed E-state index contributed by atoms with van der Waals surface area (Å²) in [5, 5.41) is 17.3. The van der Waals surface area contributed by atoms with Crippen molar-refractivity contribution < 1.29 is 10.2 Å². The molecule has 0 saturated carbocycles. The second-order valence-corrected chi connectivity index (χ2v) is 2.16. The van der Waals surface area contributed by atoms with Gasteiger partial charge in [-0.2, -0.15) is 0 Å². The van der Waals surface area contributed by atoms with Crippen molar-refractivity contribution in [3.8, 4) is 0 Å². The number of aliphatic hydroxyl groups excluding tert-OH is 2. The molecule has 0 amide bonds. The fourth-order valence-electron chi connectivity index (χ4n) is 0.636. The van der Waals surface area contributed by atoms with Gasteiger partial charge in [-0.1, -0.05) is 6.92 Å². The van der Waals surface area contributed by atoms with Crippen LogP contribution >= 0.6 is 0 Å². The average Bonchev–Trinajstić information content (AvgIpc) is 1.89. The highest BCUT2D eigenvalue weighted by Crippen LogP contribution is 2.02. The Labute approximate surface area is 56.5 Å². The van der Waals surface area contributed by atoms with Crippen LogP contribution in [-0.4, -0.2) is 22.9 Å². The molecule has 2 N–H and O–H groups in total. The van der Waals surface area contributed by atoms with Crippen LogP contribution in [0.25, 0.3) is 0 Å². The fourth-order valence-corrected chi connectivity index (χ4v) is 0.636. The van der Waals surface area contributed by atoms with Crippen LogP contribution in [0.3, 0.4) is 0 Å². The predicted molar refractivity (Wildman–Crippen MR) is 36.9 cm³/mol. The first-order valence-electron chi connectivity index (χ1n) is 3.39. The lowest BCUT2D eigenvalue weighted by Crippen LogP contribution is -2.03. The molecular weight excluding hydrogens is 116 g/mol. The van der Waals surface area contributed by atoms with Gasteiger partial charge in [-0.3, -0.25) is 0 Å². The van der Waals surface area contributed by atoms with Crippen molar-refractivity contribution in [1.82, 2.24) is 0 Å². The van der Waals surface area contributed by atoms with E-state index in [0.29, 0.717) is 6.42 Å². The SMILES string of the molecule is [CH2]CC(O)CCCCO. The summed E-state index contributed by atoms with van der Waals surface area (Å²) in [4.78, 5) is 0. The second-order valence-electron chi connectivity index (χ2n) is 2.16. The Morgan fingerprint density at radius 1 is 1.33 bits per heavy atom. The standard InChI is InChI=1S/C7H15O2/c1-2-7(9)5-3-4-6-8/h7-9H,1-6H2. The third-order valence-electron chi connectivity index (χ3n) is 1.28. The van der Waals surface area contributed by atoms with E-state index in [4.69, 9.17) is 10.2 Å². The molecule has 0 spiro atoms. The lowest BCUT2D eigenvalue weighted by Gasteiger charge is -2.04. The maximum atomic E-state index is 8.94. The van der Waals surface area contributed by atoms with Gasteiger partial charge in [-0.15, -0.1) is 0 Å². The van der Waals surface area contributed by atoms with Crippen LogP contribution in [0.2, 0.25) is 0 Å². The number of hydrogen-bond donors (Lipinski definition) is 2. The Morgan fingerprint density at radius 3 is 2.44 bits per heavy atom. The molecule has 0 rings (SSSR count). The molecule has 0 bridgehead atoms. The van der Waals surface area contributed by atoms with Gasteiger partial charge in [0.05, 0.1) is 6.10 Å². The van der Waals surface area contributed by atoms with Crippen LogP contribution in [0, 0.1) is 6.92 Å². The van der Waals surface area contributed by atoms with E-state index in [1.165, 1.54) is 0 Å². The molecule has 0 aromatic heterocycles. The van der Waals surface area contributed by atoms with Gasteiger partial charge in [0.2, 0.25) is 0 Å². The van der Waals surface area contributed by atoms with E-state index >= 15 is 0 Å². The minimum atomic E-state index is -0.267. The van der Waals surface area contributed by atoms with Crippen LogP contribution in [0.15, 0.2) is 0 Å². The highest BCUT2D eigenvalue weighted by Gasteiger charge is 1.97. The quantitative estimate of drug-likeness (QED) is 0.540. The summed E-state index contributed by atoms with van der Waals surface area (Å²) in [5.41, 5.74) is 0. The molecule has 2 nitrogen and oxygen atoms in total. The van der Waals surface area contributed by atoms with Crippen molar-refractivity contribution in [2.24, 2.45) is 0 Å². The number of hydrogen-bond acceptors (Lipinski definition) is 2. The molecule has 9 heavy (non-hydrogen) atoms. The van der Waals surface area contributed by atoms with E-state index in [-0.39, 0.29) is 12.7 Å². The molecule has 0 aliphatic heterocycles. The van der Waals surface area contributed by atoms with Gasteiger partial charge in [-0.05, 0) is 25.7 Å². The minimum Gasteiger partial charge on any atom is -0.396 e. The Hall–Kier alpha value is -0.0800. The van der Waals surface area contributed by atoms with Gasteiger partial charge in [0, 0.05) is 6.61 Å². The van der Waals surface area contributed by atoms with Gasteiger partial charge in [-0.25, -0.2) is 0 Å². The molecule has 0 saturated heterocycles. The largest absolute Gasteiger partial charge is 0.396 e. The predicted octanol–water partition coefficient (Wildman–Crippen LogP) is 0.734. The molecule has 0 aliphatic carbocycles. The van der Waals surface area contributed by atoms with Crippen molar-refractivity contribution in [3.63, 3.8) is 0 Å². The van der Waals surface area contributed by atoms with E-state index < -0.39 is 0 Å². The number of aliphatic hydroxyl groups is 2. The second kappa shape index (κ2) is 6.05. The molecule has 1 atom stereocenters. The monoisotopic (exact) mass is 131 g/mol. The van der Waals surface area contributed by atoms with Crippen LogP contribution < -0.4 is 0 Å². The summed E-state index contributed by atoms with van der Waals surface area (Å²) < 4.78 is 0. The zero-order valence-electron chi connectivity index (χ0n) is 5.71. The van der Waals surface area contributed by atoms with Crippen LogP contribution in [0.4, 0.5) is 0 Å². The first-order chi connectivity index (χ1) is 4.31. The lowest BCUT2D eigenvalue weighted by atomic mass is 10.1. The fraction of sp³-hybridized carbons (Fsp3) is 0.857. The number of unbranched alkanes of at least 4 members (excludes halogenated alkanes) is 1. The van der Waals surface area contributed by atoms with Crippen LogP contribution in [0.1, 0.15) is 25.7 Å². The van der Waals surface area contributed by atoms with E-state index in [0.717, 1.165) is 19.3 Å². The molecule has 2 heteroatoms. The third kappa shape index (κ3) is 5.80. The van der Waals surface area contributed by atoms with Crippen LogP contribution in [0.5, 0.6) is 0 Å². The minimum absolute atomic E-state index is 0.226.